The van der Waals surface area contributed by atoms with E-state index in [0.29, 0.717) is 16.2 Å². The molecule has 314 valence electrons. The molecule has 4 rings (SSSR count). The van der Waals surface area contributed by atoms with Crippen LogP contribution in [-0.2, 0) is 30.6 Å². The lowest BCUT2D eigenvalue weighted by atomic mass is 9.82. The van der Waals surface area contributed by atoms with Crippen LogP contribution in [0.25, 0.3) is 0 Å². The van der Waals surface area contributed by atoms with Crippen molar-refractivity contribution in [3.63, 3.8) is 0 Å². The number of benzene rings is 3. The molecule has 0 saturated carbocycles. The summed E-state index contributed by atoms with van der Waals surface area (Å²) in [6.07, 6.45) is 3.57. The van der Waals surface area contributed by atoms with E-state index in [1.165, 1.54) is 36.0 Å². The van der Waals surface area contributed by atoms with E-state index >= 15 is 0 Å². The molecule has 0 aliphatic carbocycles. The van der Waals surface area contributed by atoms with E-state index in [9.17, 15) is 9.59 Å². The maximum Gasteiger partial charge on any atom is 0.317 e. The lowest BCUT2D eigenvalue weighted by molar-refractivity contribution is -0.153. The quantitative estimate of drug-likeness (QED) is 0.186. The van der Waals surface area contributed by atoms with Gasteiger partial charge in [0, 0.05) is 0 Å². The fourth-order valence-electron chi connectivity index (χ4n) is 3.97. The molecule has 0 radical (unpaired) electrons. The minimum atomic E-state index is -0.396. The molecule has 3 nitrogen and oxygen atoms in total. The Balaban J connectivity index is -0.000000130. The van der Waals surface area contributed by atoms with Crippen LogP contribution in [0.1, 0.15) is 195 Å². The molecule has 0 amide bonds. The number of hydrogen-bond donors (Lipinski definition) is 0. The summed E-state index contributed by atoms with van der Waals surface area (Å²) in [6.45, 7) is 47.8. The van der Waals surface area contributed by atoms with Gasteiger partial charge in [-0.2, -0.15) is 0 Å². The van der Waals surface area contributed by atoms with Gasteiger partial charge >= 0.3 is 11.9 Å². The first-order chi connectivity index (χ1) is 25.6. The number of ether oxygens (including phenoxy) is 1. The fraction of sp³-hybridized carbons (Fsp3) is 0.608. The number of carbonyl (C=O) groups excluding carboxylic acids is 2. The summed E-state index contributed by atoms with van der Waals surface area (Å²) >= 11 is 0. The molecule has 3 heteroatoms. The largest absolute Gasteiger partial charge is 0.393 e. The van der Waals surface area contributed by atoms with Crippen LogP contribution in [0.5, 0.6) is 0 Å². The minimum Gasteiger partial charge on any atom is -0.393 e. The summed E-state index contributed by atoms with van der Waals surface area (Å²) in [7, 11) is 0. The molecule has 2 atom stereocenters. The van der Waals surface area contributed by atoms with Crippen LogP contribution >= 0.6 is 0 Å². The van der Waals surface area contributed by atoms with Crippen molar-refractivity contribution in [2.45, 2.75) is 195 Å². The Hall–Kier alpha value is -3.20. The normalized spacial score (nSPS) is 13.5. The molecular weight excluding hydrogens is 661 g/mol. The monoisotopic (exact) mass is 753 g/mol. The highest BCUT2D eigenvalue weighted by atomic mass is 16.6. The van der Waals surface area contributed by atoms with Gasteiger partial charge in [-0.05, 0) is 52.2 Å². The molecule has 1 saturated heterocycles. The molecule has 3 aromatic rings. The Morgan fingerprint density at radius 3 is 0.667 bits per heavy atom. The van der Waals surface area contributed by atoms with Gasteiger partial charge in [-0.15, -0.1) is 0 Å². The summed E-state index contributed by atoms with van der Waals surface area (Å²) in [4.78, 5) is 21.1. The molecule has 54 heavy (non-hydrogen) atoms. The first kappa shape index (κ1) is 62.8. The molecule has 1 heterocycles. The zero-order chi connectivity index (χ0) is 44.0. The lowest BCUT2D eigenvalue weighted by Crippen LogP contribution is -2.14. The Morgan fingerprint density at radius 2 is 0.556 bits per heavy atom. The minimum absolute atomic E-state index is 0.252. The predicted molar refractivity (Wildman–Crippen MR) is 247 cm³/mol. The average Bonchev–Trinajstić information content (AvgIpc) is 3.48. The zero-order valence-corrected chi connectivity index (χ0v) is 40.2. The molecule has 0 N–H and O–H groups in total. The predicted octanol–water partition coefficient (Wildman–Crippen LogP) is 16.6. The SMILES string of the molecule is CC.CC.CC.CC.CC.CC.CC1C(=O)OC(=O)C1C.CCC(C)(C)c1ccccc1.CCC(C)(C)c1ccccc1.CCC(C)(C)c1ccccc1. The molecular formula is C51H92O3. The first-order valence-electron chi connectivity index (χ1n) is 21.5. The maximum absolute atomic E-state index is 10.6. The van der Waals surface area contributed by atoms with Crippen LogP contribution in [0.2, 0.25) is 0 Å². The van der Waals surface area contributed by atoms with Crippen LogP contribution in [-0.4, -0.2) is 11.9 Å². The van der Waals surface area contributed by atoms with E-state index in [1.54, 1.807) is 13.8 Å². The Morgan fingerprint density at radius 1 is 0.389 bits per heavy atom. The second kappa shape index (κ2) is 39.5. The van der Waals surface area contributed by atoms with Crippen LogP contribution in [0, 0.1) is 11.8 Å². The van der Waals surface area contributed by atoms with E-state index in [0.717, 1.165) is 0 Å². The van der Waals surface area contributed by atoms with Crippen molar-refractivity contribution in [3.05, 3.63) is 108 Å². The van der Waals surface area contributed by atoms with Gasteiger partial charge in [0.1, 0.15) is 0 Å². The number of cyclic esters (lactones) is 2. The standard InChI is InChI=1S/3C11H16.C6H8O3.6C2H6/c3*1-4-11(2,3)10-8-6-5-7-9-10;1-3-4(2)6(8)9-5(3)7;6*1-2/h3*5-9H,4H2,1-3H3;3-4H,1-2H3;6*1-2H3. The van der Waals surface area contributed by atoms with Gasteiger partial charge in [-0.3, -0.25) is 9.59 Å². The third-order valence-corrected chi connectivity index (χ3v) is 9.01. The van der Waals surface area contributed by atoms with Gasteiger partial charge in [0.25, 0.3) is 0 Å². The highest BCUT2D eigenvalue weighted by Crippen LogP contribution is 2.27. The van der Waals surface area contributed by atoms with Gasteiger partial charge in [-0.1, -0.05) is 250 Å². The zero-order valence-electron chi connectivity index (χ0n) is 40.2. The third kappa shape index (κ3) is 27.4. The van der Waals surface area contributed by atoms with Crippen molar-refractivity contribution in [1.82, 2.24) is 0 Å². The molecule has 1 aliphatic heterocycles. The Kier molecular flexibility index (Phi) is 45.9. The smallest absolute Gasteiger partial charge is 0.317 e. The van der Waals surface area contributed by atoms with Crippen molar-refractivity contribution in [2.75, 3.05) is 0 Å². The molecule has 2 unspecified atom stereocenters. The number of esters is 2. The molecule has 1 aliphatic rings. The van der Waals surface area contributed by atoms with Crippen LogP contribution in [0.4, 0.5) is 0 Å². The van der Waals surface area contributed by atoms with Crippen molar-refractivity contribution in [1.29, 1.82) is 0 Å². The Bertz CT molecular complexity index is 1040. The molecule has 0 spiro atoms. The van der Waals surface area contributed by atoms with E-state index in [-0.39, 0.29) is 11.8 Å². The number of rotatable bonds is 6. The van der Waals surface area contributed by atoms with Crippen LogP contribution in [0.3, 0.4) is 0 Å². The van der Waals surface area contributed by atoms with E-state index in [2.05, 4.69) is 158 Å². The second-order valence-corrected chi connectivity index (χ2v) is 13.1. The van der Waals surface area contributed by atoms with Crippen molar-refractivity contribution in [2.24, 2.45) is 11.8 Å². The highest BCUT2D eigenvalue weighted by molar-refractivity contribution is 5.95. The highest BCUT2D eigenvalue weighted by Gasteiger charge is 2.37. The van der Waals surface area contributed by atoms with Gasteiger partial charge in [-0.25, -0.2) is 0 Å². The van der Waals surface area contributed by atoms with E-state index < -0.39 is 11.9 Å². The second-order valence-electron chi connectivity index (χ2n) is 13.1. The van der Waals surface area contributed by atoms with Crippen LogP contribution in [0.15, 0.2) is 91.0 Å². The molecule has 1 fully saturated rings. The van der Waals surface area contributed by atoms with Crippen molar-refractivity contribution < 1.29 is 14.3 Å². The summed E-state index contributed by atoms with van der Waals surface area (Å²) in [5, 5.41) is 0. The van der Waals surface area contributed by atoms with Gasteiger partial charge in [0.15, 0.2) is 0 Å². The fourth-order valence-corrected chi connectivity index (χ4v) is 3.97. The molecule has 0 bridgehead atoms. The van der Waals surface area contributed by atoms with Crippen molar-refractivity contribution >= 4 is 11.9 Å². The Labute approximate surface area is 339 Å². The third-order valence-electron chi connectivity index (χ3n) is 9.01. The summed E-state index contributed by atoms with van der Waals surface area (Å²) in [5.41, 5.74) is 5.30. The summed E-state index contributed by atoms with van der Waals surface area (Å²) in [6, 6.07) is 32.0. The summed E-state index contributed by atoms with van der Waals surface area (Å²) < 4.78 is 4.31. The van der Waals surface area contributed by atoms with Gasteiger partial charge in [0.2, 0.25) is 0 Å². The molecule has 3 aromatic carbocycles. The molecule has 0 aromatic heterocycles. The first-order valence-corrected chi connectivity index (χ1v) is 21.5. The lowest BCUT2D eigenvalue weighted by Gasteiger charge is -2.22. The number of hydrogen-bond acceptors (Lipinski definition) is 3. The van der Waals surface area contributed by atoms with Crippen LogP contribution < -0.4 is 0 Å². The van der Waals surface area contributed by atoms with Gasteiger partial charge < -0.3 is 4.74 Å². The van der Waals surface area contributed by atoms with E-state index in [4.69, 9.17) is 0 Å². The average molecular weight is 753 g/mol. The topological polar surface area (TPSA) is 43.4 Å². The van der Waals surface area contributed by atoms with Crippen molar-refractivity contribution in [3.8, 4) is 0 Å². The van der Waals surface area contributed by atoms with Gasteiger partial charge in [0.05, 0.1) is 11.8 Å². The maximum atomic E-state index is 10.6. The summed E-state index contributed by atoms with van der Waals surface area (Å²) in [5.74, 6) is -1.30. The number of carbonyl (C=O) groups is 2. The van der Waals surface area contributed by atoms with E-state index in [1.807, 2.05) is 83.1 Å².